The van der Waals surface area contributed by atoms with Crippen molar-refractivity contribution in [1.82, 2.24) is 4.98 Å². The lowest BCUT2D eigenvalue weighted by atomic mass is 10.0. The number of aromatic amines is 1. The molecule has 0 amide bonds. The van der Waals surface area contributed by atoms with Gasteiger partial charge in [-0.05, 0) is 49.4 Å². The van der Waals surface area contributed by atoms with Crippen molar-refractivity contribution in [2.24, 2.45) is 5.73 Å². The Labute approximate surface area is 93.6 Å². The van der Waals surface area contributed by atoms with Crippen molar-refractivity contribution >= 4 is 10.9 Å². The van der Waals surface area contributed by atoms with Gasteiger partial charge in [0.15, 0.2) is 0 Å². The summed E-state index contributed by atoms with van der Waals surface area (Å²) in [7, 11) is 0. The predicted molar refractivity (Wildman–Crippen MR) is 62.9 cm³/mol. The van der Waals surface area contributed by atoms with E-state index in [1.54, 1.807) is 6.07 Å². The molecular formula is C13H15FN2. The van der Waals surface area contributed by atoms with E-state index in [0.717, 1.165) is 35.8 Å². The van der Waals surface area contributed by atoms with E-state index in [2.05, 4.69) is 11.1 Å². The van der Waals surface area contributed by atoms with Gasteiger partial charge < -0.3 is 10.7 Å². The van der Waals surface area contributed by atoms with Crippen molar-refractivity contribution in [3.05, 3.63) is 35.3 Å². The van der Waals surface area contributed by atoms with Gasteiger partial charge in [-0.25, -0.2) is 4.39 Å². The molecule has 2 nitrogen and oxygen atoms in total. The maximum absolute atomic E-state index is 13.8. The zero-order chi connectivity index (χ0) is 11.3. The van der Waals surface area contributed by atoms with Crippen LogP contribution in [0.3, 0.4) is 0 Å². The molecule has 84 valence electrons. The lowest BCUT2D eigenvalue weighted by Gasteiger charge is -2.09. The first-order chi connectivity index (χ1) is 7.57. The Morgan fingerprint density at radius 3 is 2.88 bits per heavy atom. The number of benzene rings is 1. The first-order valence-electron chi connectivity index (χ1n) is 5.62. The number of hydrogen-bond donors (Lipinski definition) is 2. The van der Waals surface area contributed by atoms with Gasteiger partial charge in [0.2, 0.25) is 0 Å². The molecule has 1 fully saturated rings. The Morgan fingerprint density at radius 2 is 2.19 bits per heavy atom. The highest BCUT2D eigenvalue weighted by molar-refractivity contribution is 5.84. The fraction of sp³-hybridized carbons (Fsp3) is 0.385. The van der Waals surface area contributed by atoms with Crippen LogP contribution in [0.25, 0.3) is 10.9 Å². The number of H-pyrrole nitrogens is 1. The molecule has 1 aromatic carbocycles. The van der Waals surface area contributed by atoms with Crippen LogP contribution in [-0.2, 0) is 6.42 Å². The van der Waals surface area contributed by atoms with Gasteiger partial charge >= 0.3 is 0 Å². The summed E-state index contributed by atoms with van der Waals surface area (Å²) in [4.78, 5) is 2.96. The zero-order valence-corrected chi connectivity index (χ0v) is 9.31. The molecule has 3 N–H and O–H groups in total. The molecule has 16 heavy (non-hydrogen) atoms. The molecule has 3 rings (SSSR count). The number of hydrogen-bond acceptors (Lipinski definition) is 1. The van der Waals surface area contributed by atoms with Gasteiger partial charge in [0, 0.05) is 17.1 Å². The number of aromatic nitrogens is 1. The van der Waals surface area contributed by atoms with Crippen molar-refractivity contribution in [2.75, 3.05) is 0 Å². The second-order valence-electron chi connectivity index (χ2n) is 5.01. The van der Waals surface area contributed by atoms with Gasteiger partial charge in [-0.3, -0.25) is 0 Å². The molecule has 1 aromatic heterocycles. The Bertz CT molecular complexity index is 552. The van der Waals surface area contributed by atoms with Crippen molar-refractivity contribution in [3.8, 4) is 0 Å². The lowest BCUT2D eigenvalue weighted by molar-refractivity contribution is 0.627. The summed E-state index contributed by atoms with van der Waals surface area (Å²) in [5.41, 5.74) is 8.68. The third-order valence-electron chi connectivity index (χ3n) is 3.46. The summed E-state index contributed by atoms with van der Waals surface area (Å²) in [5, 5.41) is 0.972. The van der Waals surface area contributed by atoms with Gasteiger partial charge in [-0.2, -0.15) is 0 Å². The summed E-state index contributed by atoms with van der Waals surface area (Å²) in [6, 6.07) is 3.66. The second-order valence-corrected chi connectivity index (χ2v) is 5.01. The van der Waals surface area contributed by atoms with Gasteiger partial charge in [0.25, 0.3) is 0 Å². The SMILES string of the molecule is Cc1c[nH]c2c(F)cc(CC3(N)CC3)cc12. The number of nitrogens with two attached hydrogens (primary N) is 1. The molecule has 0 radical (unpaired) electrons. The average molecular weight is 218 g/mol. The molecule has 1 saturated carbocycles. The Balaban J connectivity index is 2.08. The summed E-state index contributed by atoms with van der Waals surface area (Å²) < 4.78 is 13.8. The van der Waals surface area contributed by atoms with E-state index in [4.69, 9.17) is 5.73 Å². The summed E-state index contributed by atoms with van der Waals surface area (Å²) in [5.74, 6) is -0.176. The molecule has 1 aliphatic carbocycles. The van der Waals surface area contributed by atoms with E-state index in [1.807, 2.05) is 13.1 Å². The second kappa shape index (κ2) is 3.08. The van der Waals surface area contributed by atoms with E-state index < -0.39 is 0 Å². The van der Waals surface area contributed by atoms with Crippen LogP contribution in [0.4, 0.5) is 4.39 Å². The highest BCUT2D eigenvalue weighted by Gasteiger charge is 2.38. The standard InChI is InChI=1S/C13H15FN2/c1-8-7-16-12-10(8)4-9(5-11(12)14)6-13(15)2-3-13/h4-5,7,16H,2-3,6,15H2,1H3. The van der Waals surface area contributed by atoms with Crippen molar-refractivity contribution in [1.29, 1.82) is 0 Å². The highest BCUT2D eigenvalue weighted by Crippen LogP contribution is 2.36. The third-order valence-corrected chi connectivity index (χ3v) is 3.46. The Kier molecular flexibility index (Phi) is 1.89. The van der Waals surface area contributed by atoms with Crippen LogP contribution in [0.1, 0.15) is 24.0 Å². The van der Waals surface area contributed by atoms with Crippen molar-refractivity contribution < 1.29 is 4.39 Å². The number of halogens is 1. The van der Waals surface area contributed by atoms with Crippen molar-refractivity contribution in [2.45, 2.75) is 31.7 Å². The first kappa shape index (κ1) is 9.85. The van der Waals surface area contributed by atoms with Gasteiger partial charge in [-0.15, -0.1) is 0 Å². The van der Waals surface area contributed by atoms with Crippen molar-refractivity contribution in [3.63, 3.8) is 0 Å². The first-order valence-corrected chi connectivity index (χ1v) is 5.62. The molecule has 0 aliphatic heterocycles. The van der Waals surface area contributed by atoms with Crippen LogP contribution < -0.4 is 5.73 Å². The quantitative estimate of drug-likeness (QED) is 0.799. The molecule has 0 bridgehead atoms. The molecule has 0 unspecified atom stereocenters. The topological polar surface area (TPSA) is 41.8 Å². The minimum Gasteiger partial charge on any atom is -0.359 e. The molecule has 3 heteroatoms. The third kappa shape index (κ3) is 1.52. The fourth-order valence-corrected chi connectivity index (χ4v) is 2.22. The van der Waals surface area contributed by atoms with Gasteiger partial charge in [0.05, 0.1) is 5.52 Å². The zero-order valence-electron chi connectivity index (χ0n) is 9.31. The fourth-order valence-electron chi connectivity index (χ4n) is 2.22. The number of fused-ring (bicyclic) bond motifs is 1. The number of aryl methyl sites for hydroxylation is 1. The number of rotatable bonds is 2. The van der Waals surface area contributed by atoms with E-state index in [-0.39, 0.29) is 11.4 Å². The molecule has 0 atom stereocenters. The summed E-state index contributed by atoms with van der Waals surface area (Å²) >= 11 is 0. The van der Waals surface area contributed by atoms with E-state index >= 15 is 0 Å². The highest BCUT2D eigenvalue weighted by atomic mass is 19.1. The average Bonchev–Trinajstić information content (AvgIpc) is 2.81. The van der Waals surface area contributed by atoms with Crippen LogP contribution in [-0.4, -0.2) is 10.5 Å². The minimum absolute atomic E-state index is 0.0652. The normalized spacial score (nSPS) is 17.9. The Morgan fingerprint density at radius 1 is 1.44 bits per heavy atom. The summed E-state index contributed by atoms with van der Waals surface area (Å²) in [6.45, 7) is 1.98. The molecule has 1 heterocycles. The van der Waals surface area contributed by atoms with Crippen LogP contribution in [0.5, 0.6) is 0 Å². The largest absolute Gasteiger partial charge is 0.359 e. The molecule has 0 saturated heterocycles. The molecule has 0 spiro atoms. The predicted octanol–water partition coefficient (Wildman–Crippen LogP) is 2.65. The van der Waals surface area contributed by atoms with E-state index in [0.29, 0.717) is 5.52 Å². The molecular weight excluding hydrogens is 203 g/mol. The van der Waals surface area contributed by atoms with Crippen LogP contribution in [0.2, 0.25) is 0 Å². The monoisotopic (exact) mass is 218 g/mol. The maximum Gasteiger partial charge on any atom is 0.147 e. The Hall–Kier alpha value is -1.35. The molecule has 2 aromatic rings. The van der Waals surface area contributed by atoms with E-state index in [1.165, 1.54) is 0 Å². The number of nitrogens with one attached hydrogen (secondary N) is 1. The smallest absolute Gasteiger partial charge is 0.147 e. The maximum atomic E-state index is 13.8. The van der Waals surface area contributed by atoms with Gasteiger partial charge in [-0.1, -0.05) is 0 Å². The lowest BCUT2D eigenvalue weighted by Crippen LogP contribution is -2.24. The van der Waals surface area contributed by atoms with Crippen LogP contribution in [0, 0.1) is 12.7 Å². The van der Waals surface area contributed by atoms with Crippen LogP contribution >= 0.6 is 0 Å². The summed E-state index contributed by atoms with van der Waals surface area (Å²) in [6.07, 6.45) is 4.73. The minimum atomic E-state index is -0.176. The van der Waals surface area contributed by atoms with E-state index in [9.17, 15) is 4.39 Å². The van der Waals surface area contributed by atoms with Gasteiger partial charge in [0.1, 0.15) is 5.82 Å². The molecule has 1 aliphatic rings. The van der Waals surface area contributed by atoms with Crippen LogP contribution in [0.15, 0.2) is 18.3 Å².